The Balaban J connectivity index is 0.000000297. The molecule has 0 aliphatic heterocycles. The van der Waals surface area contributed by atoms with Crippen LogP contribution in [0.25, 0.3) is 0 Å². The van der Waals surface area contributed by atoms with Crippen molar-refractivity contribution in [2.24, 2.45) is 46.3 Å². The molecule has 3 nitrogen and oxygen atoms in total. The zero-order valence-electron chi connectivity index (χ0n) is 34.4. The summed E-state index contributed by atoms with van der Waals surface area (Å²) in [6.45, 7) is 17.0. The monoisotopic (exact) mass is 697 g/mol. The Kier molecular flexibility index (Phi) is 19.2. The lowest BCUT2D eigenvalue weighted by molar-refractivity contribution is -0.137. The molecule has 0 saturated heterocycles. The molecule has 1 unspecified atom stereocenters. The van der Waals surface area contributed by atoms with E-state index in [1.54, 1.807) is 11.1 Å². The van der Waals surface area contributed by atoms with E-state index in [9.17, 15) is 9.90 Å². The van der Waals surface area contributed by atoms with Gasteiger partial charge in [-0.15, -0.1) is 0 Å². The van der Waals surface area contributed by atoms with Crippen molar-refractivity contribution in [2.45, 2.75) is 222 Å². The number of aliphatic hydroxyl groups excluding tert-OH is 1. The molecular formula is C47H84O3. The second-order valence-corrected chi connectivity index (χ2v) is 18.5. The first-order valence-electron chi connectivity index (χ1n) is 22.2. The van der Waals surface area contributed by atoms with Gasteiger partial charge in [-0.05, 0) is 124 Å². The molecule has 0 bridgehead atoms. The second-order valence-electron chi connectivity index (χ2n) is 18.5. The lowest BCUT2D eigenvalue weighted by atomic mass is 9.47. The van der Waals surface area contributed by atoms with Crippen LogP contribution in [0.4, 0.5) is 0 Å². The molecule has 50 heavy (non-hydrogen) atoms. The van der Waals surface area contributed by atoms with Crippen molar-refractivity contribution in [1.82, 2.24) is 0 Å². The lowest BCUT2D eigenvalue weighted by Gasteiger charge is -2.58. The number of allylic oxidation sites excluding steroid dienone is 3. The van der Waals surface area contributed by atoms with E-state index in [1.807, 2.05) is 0 Å². The van der Waals surface area contributed by atoms with Crippen molar-refractivity contribution in [3.63, 3.8) is 0 Å². The zero-order valence-corrected chi connectivity index (χ0v) is 34.4. The summed E-state index contributed by atoms with van der Waals surface area (Å²) >= 11 is 0. The molecule has 0 spiro atoms. The summed E-state index contributed by atoms with van der Waals surface area (Å²) < 4.78 is 0. The number of hydrogen-bond donors (Lipinski definition) is 2. The van der Waals surface area contributed by atoms with Crippen LogP contribution in [0.2, 0.25) is 0 Å². The van der Waals surface area contributed by atoms with Gasteiger partial charge in [-0.3, -0.25) is 4.79 Å². The van der Waals surface area contributed by atoms with Gasteiger partial charge in [0, 0.05) is 6.42 Å². The molecule has 3 heteroatoms. The van der Waals surface area contributed by atoms with Gasteiger partial charge in [0.25, 0.3) is 0 Å². The van der Waals surface area contributed by atoms with Crippen molar-refractivity contribution in [3.8, 4) is 0 Å². The van der Waals surface area contributed by atoms with Crippen LogP contribution in [0.1, 0.15) is 215 Å². The van der Waals surface area contributed by atoms with E-state index >= 15 is 0 Å². The van der Waals surface area contributed by atoms with E-state index in [2.05, 4.69) is 60.6 Å². The average Bonchev–Trinajstić information content (AvgIpc) is 3.44. The van der Waals surface area contributed by atoms with Gasteiger partial charge in [0.2, 0.25) is 0 Å². The van der Waals surface area contributed by atoms with Crippen molar-refractivity contribution in [3.05, 3.63) is 23.3 Å². The number of aliphatic hydroxyl groups is 1. The number of rotatable bonds is 21. The Bertz CT molecular complexity index is 1030. The predicted octanol–water partition coefficient (Wildman–Crippen LogP) is 14.3. The summed E-state index contributed by atoms with van der Waals surface area (Å²) in [5.74, 6) is 4.50. The highest BCUT2D eigenvalue weighted by atomic mass is 16.4. The van der Waals surface area contributed by atoms with Gasteiger partial charge in [0.15, 0.2) is 0 Å². The third kappa shape index (κ3) is 12.5. The predicted molar refractivity (Wildman–Crippen MR) is 215 cm³/mol. The van der Waals surface area contributed by atoms with E-state index in [1.165, 1.54) is 135 Å². The van der Waals surface area contributed by atoms with Crippen LogP contribution in [0.5, 0.6) is 0 Å². The maximum absolute atomic E-state index is 10.3. The Hall–Kier alpha value is -1.09. The highest BCUT2D eigenvalue weighted by Crippen LogP contribution is 2.67. The second kappa shape index (κ2) is 22.2. The highest BCUT2D eigenvalue weighted by molar-refractivity contribution is 5.66. The number of unbranched alkanes of at least 4 members (excludes halogenated alkanes) is 14. The van der Waals surface area contributed by atoms with Gasteiger partial charge in [-0.25, -0.2) is 0 Å². The van der Waals surface area contributed by atoms with Crippen LogP contribution in [-0.2, 0) is 4.79 Å². The van der Waals surface area contributed by atoms with Crippen LogP contribution in [-0.4, -0.2) is 22.3 Å². The molecule has 4 aliphatic carbocycles. The molecule has 4 rings (SSSR count). The van der Waals surface area contributed by atoms with Gasteiger partial charge in [0.05, 0.1) is 6.10 Å². The lowest BCUT2D eigenvalue weighted by Crippen LogP contribution is -2.50. The fraction of sp³-hybridized carbons (Fsp3) is 0.894. The Morgan fingerprint density at radius 2 is 1.38 bits per heavy atom. The number of carbonyl (C=O) groups is 1. The Morgan fingerprint density at radius 3 is 1.92 bits per heavy atom. The maximum atomic E-state index is 10.3. The molecule has 0 aromatic rings. The van der Waals surface area contributed by atoms with E-state index in [-0.39, 0.29) is 6.10 Å². The summed E-state index contributed by atoms with van der Waals surface area (Å²) in [6, 6.07) is 0. The zero-order chi connectivity index (χ0) is 36.6. The van der Waals surface area contributed by atoms with Crippen molar-refractivity contribution in [1.29, 1.82) is 0 Å². The molecule has 0 aromatic heterocycles. The minimum atomic E-state index is -0.653. The molecule has 3 saturated carbocycles. The molecule has 0 heterocycles. The minimum absolute atomic E-state index is 0.0839. The van der Waals surface area contributed by atoms with Crippen LogP contribution < -0.4 is 0 Å². The smallest absolute Gasteiger partial charge is 0.303 e. The van der Waals surface area contributed by atoms with Gasteiger partial charge in [-0.2, -0.15) is 0 Å². The molecule has 0 radical (unpaired) electrons. The van der Waals surface area contributed by atoms with Crippen LogP contribution in [0, 0.1) is 46.3 Å². The first-order chi connectivity index (χ1) is 24.0. The third-order valence-corrected chi connectivity index (χ3v) is 14.8. The Labute approximate surface area is 311 Å². The van der Waals surface area contributed by atoms with Gasteiger partial charge < -0.3 is 10.2 Å². The number of carboxylic acids is 1. The normalized spacial score (nSPS) is 31.3. The number of aliphatic carboxylic acids is 1. The summed E-state index contributed by atoms with van der Waals surface area (Å²) in [4.78, 5) is 10.3. The third-order valence-electron chi connectivity index (χ3n) is 14.8. The first-order valence-corrected chi connectivity index (χ1v) is 22.2. The number of carboxylic acid groups (broad SMARTS) is 1. The standard InChI is InChI=1S/C29H48O.C18H36O2/c1-7-21(19(2)3)9-8-20(4)25-12-13-26-24-11-10-22-18-23(30)14-16-28(22,5)27(24)15-17-29(25,26)6;1-2-3-4-5-6-7-8-9-10-11-12-13-14-15-16-17-18(19)20/h7,10,19-20,23-27,30H,8-9,11-18H2,1-6H3;2-17H2,1H3,(H,19,20)/t20?,23-,24-,25+,26-,27-,28-,29+;/m0./s1. The van der Waals surface area contributed by atoms with E-state index in [0.717, 1.165) is 55.3 Å². The molecule has 8 atom stereocenters. The molecular weight excluding hydrogens is 613 g/mol. The van der Waals surface area contributed by atoms with Crippen molar-refractivity contribution >= 4 is 5.97 Å². The first kappa shape index (κ1) is 43.3. The summed E-state index contributed by atoms with van der Waals surface area (Å²) in [5.41, 5.74) is 4.21. The molecule has 0 amide bonds. The van der Waals surface area contributed by atoms with E-state index in [4.69, 9.17) is 5.11 Å². The number of hydrogen-bond acceptors (Lipinski definition) is 2. The molecule has 4 aliphatic rings. The van der Waals surface area contributed by atoms with Gasteiger partial charge in [0.1, 0.15) is 0 Å². The van der Waals surface area contributed by atoms with E-state index < -0.39 is 5.97 Å². The van der Waals surface area contributed by atoms with Gasteiger partial charge >= 0.3 is 5.97 Å². The quantitative estimate of drug-likeness (QED) is 0.0927. The maximum Gasteiger partial charge on any atom is 0.303 e. The van der Waals surface area contributed by atoms with Gasteiger partial charge in [-0.1, -0.05) is 155 Å². The fourth-order valence-corrected chi connectivity index (χ4v) is 11.6. The van der Waals surface area contributed by atoms with Crippen LogP contribution in [0.15, 0.2) is 23.3 Å². The molecule has 290 valence electrons. The van der Waals surface area contributed by atoms with Crippen molar-refractivity contribution in [2.75, 3.05) is 0 Å². The van der Waals surface area contributed by atoms with E-state index in [0.29, 0.717) is 23.2 Å². The topological polar surface area (TPSA) is 57.5 Å². The highest BCUT2D eigenvalue weighted by Gasteiger charge is 2.59. The van der Waals surface area contributed by atoms with Crippen LogP contribution in [0.3, 0.4) is 0 Å². The minimum Gasteiger partial charge on any atom is -0.481 e. The fourth-order valence-electron chi connectivity index (χ4n) is 11.6. The van der Waals surface area contributed by atoms with Crippen molar-refractivity contribution < 1.29 is 15.0 Å². The molecule has 3 fully saturated rings. The summed E-state index contributed by atoms with van der Waals surface area (Å²) in [7, 11) is 0. The Morgan fingerprint density at radius 1 is 0.800 bits per heavy atom. The number of fused-ring (bicyclic) bond motifs is 5. The SMILES string of the molecule is CC=C(CCC(C)[C@H]1CC[C@H]2[C@@H]3CC=C4C[C@@H](O)CC[C@]4(C)[C@H]3CC[C@]12C)C(C)C.CCCCCCCCCCCCCCCCCC(=O)O. The summed E-state index contributed by atoms with van der Waals surface area (Å²) in [5, 5.41) is 18.8. The largest absolute Gasteiger partial charge is 0.481 e. The molecule has 0 aromatic carbocycles. The summed E-state index contributed by atoms with van der Waals surface area (Å²) in [6.07, 6.45) is 38.0. The van der Waals surface area contributed by atoms with Crippen LogP contribution >= 0.6 is 0 Å². The average molecular weight is 697 g/mol. The molecule has 2 N–H and O–H groups in total.